The number of allylic oxidation sites excluding steroid dienone is 1. The summed E-state index contributed by atoms with van der Waals surface area (Å²) in [6.45, 7) is 18.9. The third-order valence-electron chi connectivity index (χ3n) is 11.5. The van der Waals surface area contributed by atoms with Gasteiger partial charge in [-0.25, -0.2) is 0 Å². The molecule has 0 bridgehead atoms. The van der Waals surface area contributed by atoms with Crippen molar-refractivity contribution in [1.82, 2.24) is 0 Å². The average molecular weight is 471 g/mol. The Balaban J connectivity index is 1.53. The van der Waals surface area contributed by atoms with Crippen LogP contribution in [0.1, 0.15) is 99.3 Å². The molecule has 33 heavy (non-hydrogen) atoms. The number of aliphatic hydroxyl groups is 1. The molecule has 0 saturated heterocycles. The van der Waals surface area contributed by atoms with Gasteiger partial charge >= 0.3 is 0 Å². The molecule has 8 atom stereocenters. The molecule has 3 fully saturated rings. The van der Waals surface area contributed by atoms with Crippen LogP contribution in [0.25, 0.3) is 0 Å². The van der Waals surface area contributed by atoms with Crippen LogP contribution in [0.4, 0.5) is 0 Å². The lowest BCUT2D eigenvalue weighted by Crippen LogP contribution is -2.53. The van der Waals surface area contributed by atoms with E-state index in [0.29, 0.717) is 23.9 Å². The summed E-state index contributed by atoms with van der Waals surface area (Å²) < 4.78 is 6.89. The van der Waals surface area contributed by atoms with Crippen LogP contribution in [-0.2, 0) is 4.43 Å². The highest BCUT2D eigenvalue weighted by Crippen LogP contribution is 2.67. The lowest BCUT2D eigenvalue weighted by Gasteiger charge is -2.59. The lowest BCUT2D eigenvalue weighted by atomic mass is 9.46. The van der Waals surface area contributed by atoms with E-state index in [9.17, 15) is 5.11 Å². The topological polar surface area (TPSA) is 29.5 Å². The molecule has 4 aliphatic rings. The van der Waals surface area contributed by atoms with E-state index >= 15 is 0 Å². The Kier molecular flexibility index (Phi) is 6.38. The summed E-state index contributed by atoms with van der Waals surface area (Å²) in [4.78, 5) is 0. The lowest BCUT2D eigenvalue weighted by molar-refractivity contribution is -0.0995. The molecule has 186 valence electrons. The normalized spacial score (nSPS) is 42.9. The summed E-state index contributed by atoms with van der Waals surface area (Å²) in [7, 11) is -1.73. The number of rotatable bonds is 4. The van der Waals surface area contributed by atoms with Gasteiger partial charge in [0, 0.05) is 12.5 Å². The first-order chi connectivity index (χ1) is 15.2. The van der Waals surface area contributed by atoms with E-state index in [1.165, 1.54) is 38.5 Å². The fraction of sp³-hybridized carbons (Fsp3) is 0.867. The van der Waals surface area contributed by atoms with Gasteiger partial charge in [-0.1, -0.05) is 46.3 Å². The Labute approximate surface area is 205 Å². The van der Waals surface area contributed by atoms with Crippen molar-refractivity contribution in [2.45, 2.75) is 129 Å². The van der Waals surface area contributed by atoms with Crippen LogP contribution in [0.2, 0.25) is 18.1 Å². The summed E-state index contributed by atoms with van der Waals surface area (Å²) >= 11 is 0. The maximum Gasteiger partial charge on any atom is 0.192 e. The molecule has 1 N–H and O–H groups in total. The van der Waals surface area contributed by atoms with Crippen LogP contribution in [0.3, 0.4) is 0 Å². The monoisotopic (exact) mass is 470 g/mol. The van der Waals surface area contributed by atoms with E-state index in [1.807, 2.05) is 6.92 Å². The minimum Gasteiger partial charge on any atom is -0.414 e. The summed E-state index contributed by atoms with van der Waals surface area (Å²) in [5, 5.41) is 11.5. The second kappa shape index (κ2) is 8.24. The van der Waals surface area contributed by atoms with Crippen LogP contribution < -0.4 is 0 Å². The molecule has 4 aliphatic carbocycles. The Morgan fingerprint density at radius 2 is 1.79 bits per heavy atom. The molecule has 3 heteroatoms. The Bertz CT molecular complexity index is 827. The highest BCUT2D eigenvalue weighted by molar-refractivity contribution is 6.74. The van der Waals surface area contributed by atoms with Gasteiger partial charge in [-0.15, -0.1) is 12.3 Å². The van der Waals surface area contributed by atoms with E-state index in [4.69, 9.17) is 10.8 Å². The van der Waals surface area contributed by atoms with Gasteiger partial charge in [-0.3, -0.25) is 0 Å². The van der Waals surface area contributed by atoms with E-state index in [1.54, 1.807) is 5.57 Å². The second-order valence-corrected chi connectivity index (χ2v) is 19.2. The van der Waals surface area contributed by atoms with Crippen LogP contribution in [0.15, 0.2) is 11.6 Å². The molecular weight excluding hydrogens is 420 g/mol. The zero-order valence-electron chi connectivity index (χ0n) is 22.8. The SMILES string of the molecule is C#CC[C@](C)(O)C1CCC2C3CC=C4C[C@@H](O[Si](C)(C)C(C)(C)C)CC[C@]4(C)C3CC[C@@]21C. The molecule has 0 aromatic heterocycles. The third-order valence-corrected chi connectivity index (χ3v) is 16.1. The quantitative estimate of drug-likeness (QED) is 0.259. The van der Waals surface area contributed by atoms with E-state index in [0.717, 1.165) is 30.6 Å². The van der Waals surface area contributed by atoms with Gasteiger partial charge in [0.15, 0.2) is 8.32 Å². The van der Waals surface area contributed by atoms with Gasteiger partial charge in [-0.2, -0.15) is 0 Å². The van der Waals surface area contributed by atoms with Crippen molar-refractivity contribution in [2.24, 2.45) is 34.5 Å². The molecule has 0 aromatic carbocycles. The van der Waals surface area contributed by atoms with Crippen molar-refractivity contribution in [3.8, 4) is 12.3 Å². The van der Waals surface area contributed by atoms with Gasteiger partial charge in [0.05, 0.1) is 5.60 Å². The van der Waals surface area contributed by atoms with Crippen molar-refractivity contribution < 1.29 is 9.53 Å². The molecule has 0 aliphatic heterocycles. The maximum atomic E-state index is 11.3. The summed E-state index contributed by atoms with van der Waals surface area (Å²) in [5.41, 5.74) is 1.54. The van der Waals surface area contributed by atoms with Gasteiger partial charge in [0.2, 0.25) is 0 Å². The highest BCUT2D eigenvalue weighted by Gasteiger charge is 2.61. The first kappa shape index (κ1) is 25.5. The second-order valence-electron chi connectivity index (χ2n) is 14.4. The van der Waals surface area contributed by atoms with Gasteiger partial charge < -0.3 is 9.53 Å². The van der Waals surface area contributed by atoms with Crippen molar-refractivity contribution in [3.05, 3.63) is 11.6 Å². The number of fused-ring (bicyclic) bond motifs is 5. The van der Waals surface area contributed by atoms with Gasteiger partial charge in [0.25, 0.3) is 0 Å². The number of hydrogen-bond donors (Lipinski definition) is 1. The molecule has 0 heterocycles. The molecular formula is C30H50O2Si. The van der Waals surface area contributed by atoms with E-state index in [2.05, 4.69) is 59.7 Å². The Morgan fingerprint density at radius 3 is 2.42 bits per heavy atom. The molecule has 2 nitrogen and oxygen atoms in total. The fourth-order valence-corrected chi connectivity index (χ4v) is 10.1. The van der Waals surface area contributed by atoms with E-state index < -0.39 is 13.9 Å². The standard InChI is InChI=1S/C30H50O2Si/c1-10-17-30(7,31)26-14-13-24-23-12-11-21-20-22(32-33(8,9)27(2,3)4)15-18-28(21,5)25(23)16-19-29(24,26)6/h1,11,22-26,31H,12-20H2,2-9H3/t22-,23?,24?,25?,26?,28-,29-,30-/m0/s1. The Morgan fingerprint density at radius 1 is 1.09 bits per heavy atom. The van der Waals surface area contributed by atoms with Gasteiger partial charge in [-0.05, 0) is 111 Å². The largest absolute Gasteiger partial charge is 0.414 e. The van der Waals surface area contributed by atoms with Crippen molar-refractivity contribution >= 4 is 8.32 Å². The molecule has 3 saturated carbocycles. The minimum atomic E-state index is -1.73. The zero-order chi connectivity index (χ0) is 24.4. The first-order valence-corrected chi connectivity index (χ1v) is 16.6. The van der Waals surface area contributed by atoms with Crippen molar-refractivity contribution in [1.29, 1.82) is 0 Å². The van der Waals surface area contributed by atoms with Crippen LogP contribution in [0, 0.1) is 46.8 Å². The smallest absolute Gasteiger partial charge is 0.192 e. The Hall–Kier alpha value is -0.563. The van der Waals surface area contributed by atoms with Crippen LogP contribution in [-0.4, -0.2) is 25.1 Å². The van der Waals surface area contributed by atoms with Crippen molar-refractivity contribution in [2.75, 3.05) is 0 Å². The van der Waals surface area contributed by atoms with Crippen molar-refractivity contribution in [3.63, 3.8) is 0 Å². The van der Waals surface area contributed by atoms with Gasteiger partial charge in [0.1, 0.15) is 0 Å². The summed E-state index contributed by atoms with van der Waals surface area (Å²) in [6, 6.07) is 0. The summed E-state index contributed by atoms with van der Waals surface area (Å²) in [5.74, 6) is 5.37. The van der Waals surface area contributed by atoms with Crippen LogP contribution >= 0.6 is 0 Å². The minimum absolute atomic E-state index is 0.228. The molecule has 0 spiro atoms. The third kappa shape index (κ3) is 4.11. The maximum absolute atomic E-state index is 11.3. The number of hydrogen-bond acceptors (Lipinski definition) is 2. The fourth-order valence-electron chi connectivity index (χ4n) is 8.67. The highest BCUT2D eigenvalue weighted by atomic mass is 28.4. The molecule has 0 aromatic rings. The predicted octanol–water partition coefficient (Wildman–Crippen LogP) is 7.73. The molecule has 0 amide bonds. The zero-order valence-corrected chi connectivity index (χ0v) is 23.8. The predicted molar refractivity (Wildman–Crippen MR) is 141 cm³/mol. The molecule has 4 rings (SSSR count). The summed E-state index contributed by atoms with van der Waals surface area (Å²) in [6.07, 6.45) is 19.0. The van der Waals surface area contributed by atoms with E-state index in [-0.39, 0.29) is 10.5 Å². The van der Waals surface area contributed by atoms with Crippen LogP contribution in [0.5, 0.6) is 0 Å². The number of terminal acetylenes is 1. The molecule has 4 unspecified atom stereocenters. The average Bonchev–Trinajstić information content (AvgIpc) is 3.05. The first-order valence-electron chi connectivity index (χ1n) is 13.7. The molecule has 0 radical (unpaired) electrons.